The van der Waals surface area contributed by atoms with Gasteiger partial charge < -0.3 is 9.29 Å². The molecular weight excluding hydrogens is 166 g/mol. The van der Waals surface area contributed by atoms with Gasteiger partial charge in [0.2, 0.25) is 0 Å². The number of carbonyl (C=O) groups is 1. The minimum atomic E-state index is -0.729. The summed E-state index contributed by atoms with van der Waals surface area (Å²) in [4.78, 5) is 12.4. The molecule has 0 unspecified atom stereocenters. The van der Waals surface area contributed by atoms with Crippen molar-refractivity contribution >= 4 is 17.3 Å². The summed E-state index contributed by atoms with van der Waals surface area (Å²) in [6.45, 7) is 1.11. The summed E-state index contributed by atoms with van der Waals surface area (Å²) in [6, 6.07) is 0. The summed E-state index contributed by atoms with van der Waals surface area (Å²) in [5.41, 5.74) is 0. The van der Waals surface area contributed by atoms with E-state index in [1.165, 1.54) is 7.11 Å². The average Bonchev–Trinajstić information content (AvgIpc) is 2.05. The minimum Gasteiger partial charge on any atom is -0.616 e. The van der Waals surface area contributed by atoms with Crippen molar-refractivity contribution in [2.45, 2.75) is 0 Å². The molecule has 0 radical (unpaired) electrons. The zero-order valence-corrected chi connectivity index (χ0v) is 7.23. The van der Waals surface area contributed by atoms with E-state index in [4.69, 9.17) is 0 Å². The molecule has 0 aromatic rings. The Balaban J connectivity index is 2.33. The lowest BCUT2D eigenvalue weighted by atomic mass is 10.5. The van der Waals surface area contributed by atoms with Gasteiger partial charge in [-0.3, -0.25) is 4.90 Å². The molecule has 4 nitrogen and oxygen atoms in total. The van der Waals surface area contributed by atoms with E-state index in [2.05, 4.69) is 4.74 Å². The van der Waals surface area contributed by atoms with Crippen LogP contribution in [-0.4, -0.2) is 47.3 Å². The summed E-state index contributed by atoms with van der Waals surface area (Å²) >= 11 is -0.729. The van der Waals surface area contributed by atoms with Crippen molar-refractivity contribution in [2.75, 3.05) is 31.7 Å². The second-order valence-corrected chi connectivity index (χ2v) is 4.00. The van der Waals surface area contributed by atoms with Gasteiger partial charge in [-0.25, -0.2) is 4.79 Å². The van der Waals surface area contributed by atoms with Gasteiger partial charge in [0.25, 0.3) is 0 Å². The number of hydrogen-bond acceptors (Lipinski definition) is 3. The van der Waals surface area contributed by atoms with E-state index in [1.807, 2.05) is 0 Å². The van der Waals surface area contributed by atoms with Gasteiger partial charge in [0.15, 0.2) is 0 Å². The highest BCUT2D eigenvalue weighted by Gasteiger charge is 2.23. The first kappa shape index (κ1) is 8.67. The lowest BCUT2D eigenvalue weighted by molar-refractivity contribution is 0.127. The Morgan fingerprint density at radius 1 is 1.55 bits per heavy atom. The van der Waals surface area contributed by atoms with Crippen molar-refractivity contribution in [3.05, 3.63) is 0 Å². The van der Waals surface area contributed by atoms with Gasteiger partial charge >= 0.3 is 6.09 Å². The second kappa shape index (κ2) is 3.82. The highest BCUT2D eigenvalue weighted by atomic mass is 32.2. The third-order valence-corrected chi connectivity index (χ3v) is 2.89. The van der Waals surface area contributed by atoms with Gasteiger partial charge in [0, 0.05) is 0 Å². The Morgan fingerprint density at radius 2 is 2.09 bits per heavy atom. The van der Waals surface area contributed by atoms with Crippen molar-refractivity contribution in [1.82, 2.24) is 4.90 Å². The fraction of sp³-hybridized carbons (Fsp3) is 0.833. The van der Waals surface area contributed by atoms with Crippen LogP contribution in [0, 0.1) is 0 Å². The monoisotopic (exact) mass is 177 g/mol. The molecule has 0 aromatic heterocycles. The zero-order valence-electron chi connectivity index (χ0n) is 6.41. The summed E-state index contributed by atoms with van der Waals surface area (Å²) in [7, 11) is 1.36. The molecule has 1 amide bonds. The molecule has 1 rings (SSSR count). The number of amides is 1. The number of rotatable bonds is 0. The van der Waals surface area contributed by atoms with Crippen LogP contribution in [0.15, 0.2) is 0 Å². The first-order valence-corrected chi connectivity index (χ1v) is 4.90. The van der Waals surface area contributed by atoms with E-state index in [9.17, 15) is 9.35 Å². The maximum Gasteiger partial charge on any atom is 0.409 e. The van der Waals surface area contributed by atoms with Crippen LogP contribution in [0.5, 0.6) is 0 Å². The molecule has 1 aliphatic heterocycles. The van der Waals surface area contributed by atoms with Crippen LogP contribution in [0.3, 0.4) is 0 Å². The summed E-state index contributed by atoms with van der Waals surface area (Å²) in [6.07, 6.45) is -0.318. The number of carbonyl (C=O) groups excluding carboxylic acids is 1. The van der Waals surface area contributed by atoms with Gasteiger partial charge in [-0.05, 0) is 0 Å². The molecule has 0 bridgehead atoms. The molecule has 0 saturated carbocycles. The van der Waals surface area contributed by atoms with Crippen LogP contribution < -0.4 is 0 Å². The first-order valence-electron chi connectivity index (χ1n) is 3.42. The Bertz CT molecular complexity index is 145. The molecule has 1 aliphatic rings. The third kappa shape index (κ3) is 2.27. The van der Waals surface area contributed by atoms with Gasteiger partial charge in [0.1, 0.15) is 11.5 Å². The summed E-state index contributed by atoms with van der Waals surface area (Å²) in [5.74, 6) is 1.16. The standard InChI is InChI=1S/C6H11NO3S/c1-10-6(8)7-2-4-11(9)5-3-7/h2-5H2,1H3. The third-order valence-electron chi connectivity index (χ3n) is 1.61. The predicted molar refractivity (Wildman–Crippen MR) is 41.9 cm³/mol. The van der Waals surface area contributed by atoms with E-state index in [1.54, 1.807) is 4.90 Å². The zero-order chi connectivity index (χ0) is 8.27. The molecule has 64 valence electrons. The van der Waals surface area contributed by atoms with Gasteiger partial charge in [-0.1, -0.05) is 11.2 Å². The van der Waals surface area contributed by atoms with Crippen molar-refractivity contribution in [3.8, 4) is 0 Å². The minimum absolute atomic E-state index is 0.318. The Morgan fingerprint density at radius 3 is 2.55 bits per heavy atom. The molecule has 0 aromatic carbocycles. The highest BCUT2D eigenvalue weighted by molar-refractivity contribution is 7.91. The largest absolute Gasteiger partial charge is 0.616 e. The van der Waals surface area contributed by atoms with E-state index in [0.29, 0.717) is 24.6 Å². The SMILES string of the molecule is COC(=O)N1CC[S+]([O-])CC1. The molecule has 1 fully saturated rings. The summed E-state index contributed by atoms with van der Waals surface area (Å²) in [5, 5.41) is 0. The average molecular weight is 177 g/mol. The molecule has 5 heteroatoms. The van der Waals surface area contributed by atoms with Gasteiger partial charge in [-0.15, -0.1) is 0 Å². The van der Waals surface area contributed by atoms with Crippen molar-refractivity contribution in [1.29, 1.82) is 0 Å². The topological polar surface area (TPSA) is 52.6 Å². The molecule has 0 spiro atoms. The molecule has 0 atom stereocenters. The second-order valence-electron chi connectivity index (χ2n) is 2.31. The summed E-state index contributed by atoms with van der Waals surface area (Å²) < 4.78 is 15.4. The van der Waals surface area contributed by atoms with Crippen molar-refractivity contribution in [2.24, 2.45) is 0 Å². The fourth-order valence-corrected chi connectivity index (χ4v) is 2.00. The van der Waals surface area contributed by atoms with E-state index in [0.717, 1.165) is 0 Å². The highest BCUT2D eigenvalue weighted by Crippen LogP contribution is 2.04. The molecule has 0 N–H and O–H groups in total. The molecule has 11 heavy (non-hydrogen) atoms. The van der Waals surface area contributed by atoms with Crippen LogP contribution in [0.25, 0.3) is 0 Å². The quantitative estimate of drug-likeness (QED) is 0.482. The predicted octanol–water partition coefficient (Wildman–Crippen LogP) is -0.183. The number of ether oxygens (including phenoxy) is 1. The van der Waals surface area contributed by atoms with Crippen molar-refractivity contribution < 1.29 is 14.1 Å². The van der Waals surface area contributed by atoms with Crippen LogP contribution in [0.4, 0.5) is 4.79 Å². The molecular formula is C6H11NO3S. The molecule has 1 heterocycles. The van der Waals surface area contributed by atoms with Gasteiger partial charge in [0.05, 0.1) is 20.2 Å². The molecule has 0 aliphatic carbocycles. The van der Waals surface area contributed by atoms with E-state index >= 15 is 0 Å². The Hall–Kier alpha value is -0.420. The van der Waals surface area contributed by atoms with E-state index in [-0.39, 0.29) is 6.09 Å². The maximum absolute atomic E-state index is 10.9. The Kier molecular flexibility index (Phi) is 3.02. The van der Waals surface area contributed by atoms with Crippen LogP contribution in [-0.2, 0) is 15.9 Å². The van der Waals surface area contributed by atoms with E-state index < -0.39 is 11.2 Å². The lowest BCUT2D eigenvalue weighted by Crippen LogP contribution is -2.43. The van der Waals surface area contributed by atoms with Crippen molar-refractivity contribution in [3.63, 3.8) is 0 Å². The normalized spacial score (nSPS) is 20.0. The smallest absolute Gasteiger partial charge is 0.409 e. The van der Waals surface area contributed by atoms with Crippen LogP contribution >= 0.6 is 0 Å². The van der Waals surface area contributed by atoms with Gasteiger partial charge in [-0.2, -0.15) is 0 Å². The van der Waals surface area contributed by atoms with Crippen LogP contribution in [0.2, 0.25) is 0 Å². The number of nitrogens with zero attached hydrogens (tertiary/aromatic N) is 1. The number of methoxy groups -OCH3 is 1. The maximum atomic E-state index is 10.9. The Labute approximate surface area is 68.7 Å². The lowest BCUT2D eigenvalue weighted by Gasteiger charge is -2.26. The first-order chi connectivity index (χ1) is 5.24. The molecule has 1 saturated heterocycles. The number of hydrogen-bond donors (Lipinski definition) is 0. The fourth-order valence-electron chi connectivity index (χ4n) is 0.950. The van der Waals surface area contributed by atoms with Crippen LogP contribution in [0.1, 0.15) is 0 Å².